The fraction of sp³-hybridized carbons (Fsp3) is 0.643. The molecular weight excluding hydrogens is 270 g/mol. The van der Waals surface area contributed by atoms with Crippen LogP contribution >= 0.6 is 0 Å². The summed E-state index contributed by atoms with van der Waals surface area (Å²) in [6.45, 7) is 3.70. The Morgan fingerprint density at radius 3 is 2.90 bits per heavy atom. The Hall–Kier alpha value is -1.89. The number of aryl methyl sites for hydroxylation is 1. The van der Waals surface area contributed by atoms with Crippen molar-refractivity contribution in [3.63, 3.8) is 0 Å². The molecule has 2 N–H and O–H groups in total. The molecule has 0 aliphatic carbocycles. The molecule has 2 heterocycles. The number of rotatable bonds is 6. The Kier molecular flexibility index (Phi) is 5.32. The molecule has 1 aliphatic heterocycles. The molecule has 0 bridgehead atoms. The maximum atomic E-state index is 11.8. The van der Waals surface area contributed by atoms with Gasteiger partial charge in [-0.05, 0) is 19.8 Å². The SMILES string of the molecule is Cc1nc(NCCNC(=O)C2CCCO2)cc(N(C)C)n1. The molecule has 1 aromatic rings. The first-order valence-corrected chi connectivity index (χ1v) is 7.22. The van der Waals surface area contributed by atoms with Gasteiger partial charge in [0.25, 0.3) is 0 Å². The molecule has 1 unspecified atom stereocenters. The molecular formula is C14H23N5O2. The Morgan fingerprint density at radius 2 is 2.24 bits per heavy atom. The van der Waals surface area contributed by atoms with E-state index in [0.717, 1.165) is 24.5 Å². The van der Waals surface area contributed by atoms with Gasteiger partial charge < -0.3 is 20.3 Å². The largest absolute Gasteiger partial charge is 0.368 e. The minimum absolute atomic E-state index is 0.0258. The highest BCUT2D eigenvalue weighted by molar-refractivity contribution is 5.80. The van der Waals surface area contributed by atoms with E-state index >= 15 is 0 Å². The van der Waals surface area contributed by atoms with Crippen LogP contribution in [0, 0.1) is 6.92 Å². The van der Waals surface area contributed by atoms with E-state index in [1.165, 1.54) is 0 Å². The minimum atomic E-state index is -0.272. The molecule has 1 aliphatic rings. The summed E-state index contributed by atoms with van der Waals surface area (Å²) >= 11 is 0. The number of nitrogens with zero attached hydrogens (tertiary/aromatic N) is 3. The second kappa shape index (κ2) is 7.21. The molecule has 0 saturated carbocycles. The van der Waals surface area contributed by atoms with Gasteiger partial charge in [-0.3, -0.25) is 4.79 Å². The van der Waals surface area contributed by atoms with Crippen LogP contribution in [0.1, 0.15) is 18.7 Å². The van der Waals surface area contributed by atoms with Crippen molar-refractivity contribution in [2.75, 3.05) is 44.0 Å². The minimum Gasteiger partial charge on any atom is -0.368 e. The normalized spacial score (nSPS) is 17.6. The maximum Gasteiger partial charge on any atom is 0.249 e. The van der Waals surface area contributed by atoms with Gasteiger partial charge >= 0.3 is 0 Å². The Balaban J connectivity index is 1.76. The zero-order chi connectivity index (χ0) is 15.2. The van der Waals surface area contributed by atoms with Crippen LogP contribution in [0.2, 0.25) is 0 Å². The zero-order valence-corrected chi connectivity index (χ0v) is 12.8. The number of carbonyl (C=O) groups is 1. The maximum absolute atomic E-state index is 11.8. The molecule has 2 rings (SSSR count). The molecule has 0 spiro atoms. The fourth-order valence-corrected chi connectivity index (χ4v) is 2.15. The quantitative estimate of drug-likeness (QED) is 0.746. The van der Waals surface area contributed by atoms with Gasteiger partial charge in [0, 0.05) is 39.9 Å². The smallest absolute Gasteiger partial charge is 0.249 e. The third-order valence-corrected chi connectivity index (χ3v) is 3.24. The van der Waals surface area contributed by atoms with Crippen LogP contribution < -0.4 is 15.5 Å². The molecule has 1 fully saturated rings. The molecule has 1 saturated heterocycles. The molecule has 0 radical (unpaired) electrons. The number of hydrogen-bond donors (Lipinski definition) is 2. The lowest BCUT2D eigenvalue weighted by atomic mass is 10.2. The average Bonchev–Trinajstić information content (AvgIpc) is 2.97. The van der Waals surface area contributed by atoms with Crippen molar-refractivity contribution in [2.24, 2.45) is 0 Å². The molecule has 1 atom stereocenters. The van der Waals surface area contributed by atoms with E-state index in [-0.39, 0.29) is 12.0 Å². The van der Waals surface area contributed by atoms with Crippen molar-refractivity contribution in [3.8, 4) is 0 Å². The highest BCUT2D eigenvalue weighted by atomic mass is 16.5. The van der Waals surface area contributed by atoms with Gasteiger partial charge in [0.1, 0.15) is 23.6 Å². The van der Waals surface area contributed by atoms with Crippen molar-refractivity contribution in [2.45, 2.75) is 25.9 Å². The number of aromatic nitrogens is 2. The predicted molar refractivity (Wildman–Crippen MR) is 81.6 cm³/mol. The van der Waals surface area contributed by atoms with Crippen molar-refractivity contribution < 1.29 is 9.53 Å². The van der Waals surface area contributed by atoms with E-state index in [1.54, 1.807) is 0 Å². The van der Waals surface area contributed by atoms with Crippen LogP contribution in [0.3, 0.4) is 0 Å². The van der Waals surface area contributed by atoms with Gasteiger partial charge in [-0.25, -0.2) is 9.97 Å². The van der Waals surface area contributed by atoms with Crippen molar-refractivity contribution >= 4 is 17.5 Å². The standard InChI is InChI=1S/C14H23N5O2/c1-10-17-12(9-13(18-10)19(2)3)15-6-7-16-14(20)11-5-4-8-21-11/h9,11H,4-8H2,1-3H3,(H,16,20)(H,15,17,18). The first-order valence-electron chi connectivity index (χ1n) is 7.22. The number of amides is 1. The highest BCUT2D eigenvalue weighted by Crippen LogP contribution is 2.13. The topological polar surface area (TPSA) is 79.4 Å². The Bertz CT molecular complexity index is 486. The van der Waals surface area contributed by atoms with Gasteiger partial charge in [-0.1, -0.05) is 0 Å². The lowest BCUT2D eigenvalue weighted by Crippen LogP contribution is -2.36. The second-order valence-corrected chi connectivity index (χ2v) is 5.27. The van der Waals surface area contributed by atoms with Crippen LogP contribution in [0.4, 0.5) is 11.6 Å². The zero-order valence-electron chi connectivity index (χ0n) is 12.8. The molecule has 21 heavy (non-hydrogen) atoms. The van der Waals surface area contributed by atoms with Gasteiger partial charge in [-0.2, -0.15) is 0 Å². The summed E-state index contributed by atoms with van der Waals surface area (Å²) in [7, 11) is 3.88. The molecule has 7 nitrogen and oxygen atoms in total. The van der Waals surface area contributed by atoms with Crippen LogP contribution in [0.15, 0.2) is 6.07 Å². The molecule has 0 aromatic carbocycles. The molecule has 1 amide bonds. The van der Waals surface area contributed by atoms with Crippen molar-refractivity contribution in [1.29, 1.82) is 0 Å². The van der Waals surface area contributed by atoms with E-state index in [0.29, 0.717) is 25.5 Å². The molecule has 116 valence electrons. The monoisotopic (exact) mass is 293 g/mol. The lowest BCUT2D eigenvalue weighted by molar-refractivity contribution is -0.129. The summed E-state index contributed by atoms with van der Waals surface area (Å²) < 4.78 is 5.33. The highest BCUT2D eigenvalue weighted by Gasteiger charge is 2.22. The van der Waals surface area contributed by atoms with Crippen molar-refractivity contribution in [1.82, 2.24) is 15.3 Å². The number of nitrogens with one attached hydrogen (secondary N) is 2. The summed E-state index contributed by atoms with van der Waals surface area (Å²) in [6, 6.07) is 1.88. The van der Waals surface area contributed by atoms with Gasteiger partial charge in [0.15, 0.2) is 0 Å². The van der Waals surface area contributed by atoms with E-state index < -0.39 is 0 Å². The fourth-order valence-electron chi connectivity index (χ4n) is 2.15. The number of anilines is 2. The van der Waals surface area contributed by atoms with E-state index in [1.807, 2.05) is 32.0 Å². The van der Waals surface area contributed by atoms with Crippen LogP contribution in [0.25, 0.3) is 0 Å². The third kappa shape index (κ3) is 4.56. The summed E-state index contributed by atoms with van der Waals surface area (Å²) in [5.74, 6) is 2.31. The lowest BCUT2D eigenvalue weighted by Gasteiger charge is -2.14. The number of hydrogen-bond acceptors (Lipinski definition) is 6. The van der Waals surface area contributed by atoms with Crippen LogP contribution in [0.5, 0.6) is 0 Å². The summed E-state index contributed by atoms with van der Waals surface area (Å²) in [5.41, 5.74) is 0. The van der Waals surface area contributed by atoms with E-state index in [2.05, 4.69) is 20.6 Å². The summed E-state index contributed by atoms with van der Waals surface area (Å²) in [4.78, 5) is 22.3. The average molecular weight is 293 g/mol. The van der Waals surface area contributed by atoms with Crippen molar-refractivity contribution in [3.05, 3.63) is 11.9 Å². The predicted octanol–water partition coefficient (Wildman–Crippen LogP) is 0.558. The summed E-state index contributed by atoms with van der Waals surface area (Å²) in [5, 5.41) is 6.06. The van der Waals surface area contributed by atoms with Crippen LogP contribution in [-0.2, 0) is 9.53 Å². The van der Waals surface area contributed by atoms with Gasteiger partial charge in [-0.15, -0.1) is 0 Å². The first-order chi connectivity index (χ1) is 10.1. The van der Waals surface area contributed by atoms with Gasteiger partial charge in [0.2, 0.25) is 5.91 Å². The van der Waals surface area contributed by atoms with E-state index in [4.69, 9.17) is 4.74 Å². The Morgan fingerprint density at radius 1 is 1.43 bits per heavy atom. The molecule has 7 heteroatoms. The first kappa shape index (κ1) is 15.5. The second-order valence-electron chi connectivity index (χ2n) is 5.27. The van der Waals surface area contributed by atoms with Crippen LogP contribution in [-0.4, -0.2) is 55.8 Å². The number of carbonyl (C=O) groups excluding carboxylic acids is 1. The van der Waals surface area contributed by atoms with Gasteiger partial charge in [0.05, 0.1) is 0 Å². The molecule has 1 aromatic heterocycles. The summed E-state index contributed by atoms with van der Waals surface area (Å²) in [6.07, 6.45) is 1.51. The van der Waals surface area contributed by atoms with E-state index in [9.17, 15) is 4.79 Å². The number of ether oxygens (including phenoxy) is 1. The Labute approximate surface area is 125 Å². The third-order valence-electron chi connectivity index (χ3n) is 3.24.